The standard InChI is InChI=1S/C18H13N3OS/c1-11-6-2-3-7-12(11)13-10-23-16-15(13)20-17(21-18(16)22)14-8-4-5-9-19-14/h2-10H,1H3,(H,20,21,22). The number of aryl methyl sites for hydroxylation is 1. The summed E-state index contributed by atoms with van der Waals surface area (Å²) in [5, 5.41) is 2.00. The summed E-state index contributed by atoms with van der Waals surface area (Å²) in [5.41, 5.74) is 4.52. The number of nitrogens with zero attached hydrogens (tertiary/aromatic N) is 2. The van der Waals surface area contributed by atoms with Gasteiger partial charge in [0.15, 0.2) is 5.82 Å². The van der Waals surface area contributed by atoms with Crippen LogP contribution in [0, 0.1) is 6.92 Å². The van der Waals surface area contributed by atoms with Crippen molar-refractivity contribution in [3.63, 3.8) is 0 Å². The van der Waals surface area contributed by atoms with Crippen molar-refractivity contribution >= 4 is 21.6 Å². The molecule has 0 bridgehead atoms. The fourth-order valence-corrected chi connectivity index (χ4v) is 3.52. The van der Waals surface area contributed by atoms with Crippen LogP contribution in [0.1, 0.15) is 5.56 Å². The van der Waals surface area contributed by atoms with E-state index in [0.29, 0.717) is 16.2 Å². The molecule has 0 saturated heterocycles. The number of hydrogen-bond acceptors (Lipinski definition) is 4. The van der Waals surface area contributed by atoms with E-state index in [1.807, 2.05) is 35.7 Å². The molecule has 23 heavy (non-hydrogen) atoms. The van der Waals surface area contributed by atoms with E-state index in [0.717, 1.165) is 22.2 Å². The lowest BCUT2D eigenvalue weighted by Gasteiger charge is -2.05. The van der Waals surface area contributed by atoms with Gasteiger partial charge in [0.05, 0.1) is 5.52 Å². The first-order valence-electron chi connectivity index (χ1n) is 7.23. The minimum atomic E-state index is -0.125. The number of nitrogens with one attached hydrogen (secondary N) is 1. The molecule has 0 fully saturated rings. The van der Waals surface area contributed by atoms with Gasteiger partial charge in [0, 0.05) is 17.1 Å². The highest BCUT2D eigenvalue weighted by molar-refractivity contribution is 7.17. The van der Waals surface area contributed by atoms with Crippen LogP contribution in [0.4, 0.5) is 0 Å². The normalized spacial score (nSPS) is 11.0. The Morgan fingerprint density at radius 1 is 1.04 bits per heavy atom. The molecule has 112 valence electrons. The highest BCUT2D eigenvalue weighted by Gasteiger charge is 2.14. The highest BCUT2D eigenvalue weighted by atomic mass is 32.1. The van der Waals surface area contributed by atoms with E-state index in [1.54, 1.807) is 6.20 Å². The average molecular weight is 319 g/mol. The summed E-state index contributed by atoms with van der Waals surface area (Å²) >= 11 is 1.42. The van der Waals surface area contributed by atoms with Crippen LogP contribution in [-0.2, 0) is 0 Å². The van der Waals surface area contributed by atoms with Gasteiger partial charge in [0.1, 0.15) is 10.4 Å². The van der Waals surface area contributed by atoms with Gasteiger partial charge in [-0.05, 0) is 30.2 Å². The van der Waals surface area contributed by atoms with Crippen molar-refractivity contribution in [2.24, 2.45) is 0 Å². The summed E-state index contributed by atoms with van der Waals surface area (Å²) in [7, 11) is 0. The van der Waals surface area contributed by atoms with Crippen molar-refractivity contribution in [2.75, 3.05) is 0 Å². The molecule has 1 aromatic carbocycles. The molecule has 0 atom stereocenters. The first-order valence-corrected chi connectivity index (χ1v) is 8.11. The van der Waals surface area contributed by atoms with Gasteiger partial charge in [0.2, 0.25) is 0 Å². The van der Waals surface area contributed by atoms with Crippen LogP contribution in [0.5, 0.6) is 0 Å². The van der Waals surface area contributed by atoms with E-state index in [9.17, 15) is 4.79 Å². The molecule has 0 spiro atoms. The van der Waals surface area contributed by atoms with Gasteiger partial charge in [0.25, 0.3) is 5.56 Å². The summed E-state index contributed by atoms with van der Waals surface area (Å²) in [4.78, 5) is 24.2. The number of rotatable bonds is 2. The van der Waals surface area contributed by atoms with Crippen molar-refractivity contribution in [3.8, 4) is 22.6 Å². The molecule has 0 aliphatic rings. The predicted octanol–water partition coefficient (Wildman–Crippen LogP) is 4.02. The first-order chi connectivity index (χ1) is 11.2. The summed E-state index contributed by atoms with van der Waals surface area (Å²) in [5.74, 6) is 0.497. The lowest BCUT2D eigenvalue weighted by molar-refractivity contribution is 1.15. The van der Waals surface area contributed by atoms with Crippen LogP contribution >= 0.6 is 11.3 Å². The molecule has 0 saturated carbocycles. The number of thiophene rings is 1. The molecule has 3 heterocycles. The van der Waals surface area contributed by atoms with Gasteiger partial charge in [-0.3, -0.25) is 9.78 Å². The summed E-state index contributed by atoms with van der Waals surface area (Å²) in [6.45, 7) is 2.06. The van der Waals surface area contributed by atoms with Gasteiger partial charge in [-0.15, -0.1) is 11.3 Å². The molecular weight excluding hydrogens is 306 g/mol. The number of H-pyrrole nitrogens is 1. The fraction of sp³-hybridized carbons (Fsp3) is 0.0556. The quantitative estimate of drug-likeness (QED) is 0.607. The number of pyridine rings is 1. The van der Waals surface area contributed by atoms with E-state index in [1.165, 1.54) is 11.3 Å². The molecule has 4 rings (SSSR count). The van der Waals surface area contributed by atoms with E-state index >= 15 is 0 Å². The molecule has 0 unspecified atom stereocenters. The first kappa shape index (κ1) is 13.8. The molecule has 3 aromatic heterocycles. The third-order valence-electron chi connectivity index (χ3n) is 3.77. The Labute approximate surface area is 136 Å². The Hall–Kier alpha value is -2.79. The summed E-state index contributed by atoms with van der Waals surface area (Å²) in [6, 6.07) is 13.7. The van der Waals surface area contributed by atoms with Crippen LogP contribution in [0.15, 0.2) is 58.8 Å². The summed E-state index contributed by atoms with van der Waals surface area (Å²) in [6.07, 6.45) is 1.69. The van der Waals surface area contributed by atoms with E-state index in [4.69, 9.17) is 0 Å². The Morgan fingerprint density at radius 3 is 2.65 bits per heavy atom. The lowest BCUT2D eigenvalue weighted by Crippen LogP contribution is -2.08. The second-order valence-corrected chi connectivity index (χ2v) is 6.15. The number of benzene rings is 1. The van der Waals surface area contributed by atoms with Crippen LogP contribution in [0.3, 0.4) is 0 Å². The van der Waals surface area contributed by atoms with Crippen molar-refractivity contribution in [2.45, 2.75) is 6.92 Å². The Bertz CT molecular complexity index is 1050. The zero-order valence-corrected chi connectivity index (χ0v) is 13.2. The number of aromatic nitrogens is 3. The lowest BCUT2D eigenvalue weighted by atomic mass is 10.0. The van der Waals surface area contributed by atoms with Crippen molar-refractivity contribution in [3.05, 3.63) is 70.0 Å². The Kier molecular flexibility index (Phi) is 3.28. The van der Waals surface area contributed by atoms with E-state index < -0.39 is 0 Å². The van der Waals surface area contributed by atoms with Crippen molar-refractivity contribution < 1.29 is 0 Å². The molecular formula is C18H13N3OS. The smallest absolute Gasteiger partial charge is 0.269 e. The van der Waals surface area contributed by atoms with Crippen LogP contribution in [0.25, 0.3) is 32.9 Å². The maximum absolute atomic E-state index is 12.4. The summed E-state index contributed by atoms with van der Waals surface area (Å²) < 4.78 is 0.642. The van der Waals surface area contributed by atoms with Crippen molar-refractivity contribution in [1.82, 2.24) is 15.0 Å². The minimum Gasteiger partial charge on any atom is -0.304 e. The third-order valence-corrected chi connectivity index (χ3v) is 4.74. The van der Waals surface area contributed by atoms with Gasteiger partial charge >= 0.3 is 0 Å². The van der Waals surface area contributed by atoms with E-state index in [2.05, 4.69) is 34.0 Å². The fourth-order valence-electron chi connectivity index (χ4n) is 2.62. The maximum Gasteiger partial charge on any atom is 0.269 e. The van der Waals surface area contributed by atoms with Gasteiger partial charge in [-0.1, -0.05) is 30.3 Å². The van der Waals surface area contributed by atoms with Gasteiger partial charge in [-0.25, -0.2) is 4.98 Å². The second-order valence-electron chi connectivity index (χ2n) is 5.27. The molecule has 0 aliphatic carbocycles. The Balaban J connectivity index is 2.00. The Morgan fingerprint density at radius 2 is 1.87 bits per heavy atom. The predicted molar refractivity (Wildman–Crippen MR) is 93.6 cm³/mol. The zero-order valence-electron chi connectivity index (χ0n) is 12.4. The maximum atomic E-state index is 12.4. The second kappa shape index (κ2) is 5.44. The van der Waals surface area contributed by atoms with Crippen LogP contribution in [0.2, 0.25) is 0 Å². The molecule has 0 aliphatic heterocycles. The molecule has 1 N–H and O–H groups in total. The van der Waals surface area contributed by atoms with Gasteiger partial charge < -0.3 is 4.98 Å². The molecule has 5 heteroatoms. The minimum absolute atomic E-state index is 0.125. The molecule has 4 aromatic rings. The topological polar surface area (TPSA) is 58.6 Å². The van der Waals surface area contributed by atoms with E-state index in [-0.39, 0.29) is 5.56 Å². The highest BCUT2D eigenvalue weighted by Crippen LogP contribution is 2.33. The van der Waals surface area contributed by atoms with Crippen molar-refractivity contribution in [1.29, 1.82) is 0 Å². The molecule has 0 radical (unpaired) electrons. The van der Waals surface area contributed by atoms with Crippen LogP contribution < -0.4 is 5.56 Å². The molecule has 4 nitrogen and oxygen atoms in total. The average Bonchev–Trinajstić information content (AvgIpc) is 3.00. The third kappa shape index (κ3) is 2.35. The zero-order chi connectivity index (χ0) is 15.8. The SMILES string of the molecule is Cc1ccccc1-c1csc2c(=O)[nH]c(-c3ccccn3)nc12. The number of hydrogen-bond donors (Lipinski definition) is 1. The van der Waals surface area contributed by atoms with Crippen LogP contribution in [-0.4, -0.2) is 15.0 Å². The largest absolute Gasteiger partial charge is 0.304 e. The van der Waals surface area contributed by atoms with Gasteiger partial charge in [-0.2, -0.15) is 0 Å². The monoisotopic (exact) mass is 319 g/mol. The number of fused-ring (bicyclic) bond motifs is 1. The number of aromatic amines is 1. The molecule has 0 amide bonds.